The second-order valence-electron chi connectivity index (χ2n) is 7.52. The number of aliphatic hydroxyl groups is 1. The number of amides is 1. The van der Waals surface area contributed by atoms with Gasteiger partial charge in [0.15, 0.2) is 0 Å². The van der Waals surface area contributed by atoms with Gasteiger partial charge in [-0.3, -0.25) is 9.69 Å². The van der Waals surface area contributed by atoms with Crippen LogP contribution in [0, 0.1) is 0 Å². The van der Waals surface area contributed by atoms with E-state index >= 15 is 0 Å². The highest BCUT2D eigenvalue weighted by molar-refractivity contribution is 6.30. The van der Waals surface area contributed by atoms with E-state index in [2.05, 4.69) is 27.7 Å². The molecule has 7 heteroatoms. The standard InChI is InChI=1S/C23H30ClN3O3/c1-30-22-9-8-19(24)13-21(22)25-11-10-23(29)26-14-17-5-2-3-6-18(17)15-27-12-4-7-20(27)16-28/h2-3,5-6,8-9,13,20,25,28H,4,7,10-12,14-16H2,1H3,(H,26,29)/t20-/m0/s1. The van der Waals surface area contributed by atoms with Crippen molar-refractivity contribution in [3.63, 3.8) is 0 Å². The molecule has 1 saturated heterocycles. The fourth-order valence-corrected chi connectivity index (χ4v) is 4.00. The Morgan fingerprint density at radius 2 is 2.07 bits per heavy atom. The first-order valence-corrected chi connectivity index (χ1v) is 10.7. The Kier molecular flexibility index (Phi) is 8.37. The van der Waals surface area contributed by atoms with Gasteiger partial charge in [-0.25, -0.2) is 0 Å². The maximum atomic E-state index is 12.3. The molecule has 1 aliphatic heterocycles. The number of ether oxygens (including phenoxy) is 1. The van der Waals surface area contributed by atoms with Crippen molar-refractivity contribution in [1.82, 2.24) is 10.2 Å². The topological polar surface area (TPSA) is 73.8 Å². The molecule has 3 rings (SSSR count). The van der Waals surface area contributed by atoms with E-state index in [1.165, 1.54) is 5.56 Å². The minimum atomic E-state index is -0.0206. The highest BCUT2D eigenvalue weighted by Gasteiger charge is 2.24. The molecule has 3 N–H and O–H groups in total. The van der Waals surface area contributed by atoms with Crippen LogP contribution in [0.5, 0.6) is 5.75 Å². The van der Waals surface area contributed by atoms with Crippen molar-refractivity contribution in [3.8, 4) is 5.75 Å². The summed E-state index contributed by atoms with van der Waals surface area (Å²) in [6.45, 7) is 2.98. The van der Waals surface area contributed by atoms with Crippen LogP contribution in [0.25, 0.3) is 0 Å². The summed E-state index contributed by atoms with van der Waals surface area (Å²) in [5.74, 6) is 0.671. The smallest absolute Gasteiger partial charge is 0.222 e. The number of methoxy groups -OCH3 is 1. The summed E-state index contributed by atoms with van der Waals surface area (Å²) in [6.07, 6.45) is 2.50. The fourth-order valence-electron chi connectivity index (χ4n) is 3.82. The molecule has 2 aromatic rings. The Hall–Kier alpha value is -2.28. The van der Waals surface area contributed by atoms with Gasteiger partial charge in [0.2, 0.25) is 5.91 Å². The van der Waals surface area contributed by atoms with Gasteiger partial charge in [0.1, 0.15) is 5.75 Å². The molecule has 1 amide bonds. The van der Waals surface area contributed by atoms with E-state index in [4.69, 9.17) is 16.3 Å². The van der Waals surface area contributed by atoms with E-state index < -0.39 is 0 Å². The predicted molar refractivity (Wildman–Crippen MR) is 120 cm³/mol. The maximum absolute atomic E-state index is 12.3. The molecule has 1 aliphatic rings. The molecule has 1 fully saturated rings. The number of likely N-dealkylation sites (tertiary alicyclic amines) is 1. The minimum absolute atomic E-state index is 0.0206. The van der Waals surface area contributed by atoms with Crippen LogP contribution in [0.4, 0.5) is 5.69 Å². The number of rotatable bonds is 10. The summed E-state index contributed by atoms with van der Waals surface area (Å²) in [5.41, 5.74) is 3.08. The number of anilines is 1. The lowest BCUT2D eigenvalue weighted by Gasteiger charge is -2.24. The molecule has 0 spiro atoms. The average Bonchev–Trinajstić information content (AvgIpc) is 3.20. The Morgan fingerprint density at radius 1 is 1.27 bits per heavy atom. The van der Waals surface area contributed by atoms with Gasteiger partial charge >= 0.3 is 0 Å². The van der Waals surface area contributed by atoms with Gasteiger partial charge in [-0.2, -0.15) is 0 Å². The average molecular weight is 432 g/mol. The SMILES string of the molecule is COc1ccc(Cl)cc1NCCC(=O)NCc1ccccc1CN1CCC[C@H]1CO. The minimum Gasteiger partial charge on any atom is -0.495 e. The molecule has 1 atom stereocenters. The number of halogens is 1. The van der Waals surface area contributed by atoms with E-state index in [1.807, 2.05) is 12.1 Å². The van der Waals surface area contributed by atoms with Crippen molar-refractivity contribution in [2.24, 2.45) is 0 Å². The fraction of sp³-hybridized carbons (Fsp3) is 0.435. The number of carbonyl (C=O) groups is 1. The summed E-state index contributed by atoms with van der Waals surface area (Å²) in [4.78, 5) is 14.7. The van der Waals surface area contributed by atoms with Crippen LogP contribution >= 0.6 is 11.6 Å². The quantitative estimate of drug-likeness (QED) is 0.537. The van der Waals surface area contributed by atoms with Crippen molar-refractivity contribution >= 4 is 23.2 Å². The van der Waals surface area contributed by atoms with Gasteiger partial charge in [-0.15, -0.1) is 0 Å². The van der Waals surface area contributed by atoms with Crippen LogP contribution in [0.3, 0.4) is 0 Å². The third-order valence-electron chi connectivity index (χ3n) is 5.51. The van der Waals surface area contributed by atoms with E-state index in [0.717, 1.165) is 37.2 Å². The van der Waals surface area contributed by atoms with Crippen LogP contribution in [-0.4, -0.2) is 48.8 Å². The Balaban J connectivity index is 1.49. The normalized spacial score (nSPS) is 16.4. The highest BCUT2D eigenvalue weighted by atomic mass is 35.5. The number of aliphatic hydroxyl groups excluding tert-OH is 1. The molecule has 0 saturated carbocycles. The molecule has 0 unspecified atom stereocenters. The number of nitrogens with zero attached hydrogens (tertiary/aromatic N) is 1. The molecule has 0 bridgehead atoms. The number of carbonyl (C=O) groups excluding carboxylic acids is 1. The molecule has 0 radical (unpaired) electrons. The lowest BCUT2D eigenvalue weighted by molar-refractivity contribution is -0.121. The third-order valence-corrected chi connectivity index (χ3v) is 5.74. The van der Waals surface area contributed by atoms with Crippen LogP contribution in [-0.2, 0) is 17.9 Å². The summed E-state index contributed by atoms with van der Waals surface area (Å²) in [5, 5.41) is 16.4. The zero-order chi connectivity index (χ0) is 21.3. The van der Waals surface area contributed by atoms with Gasteiger partial charge < -0.3 is 20.5 Å². The zero-order valence-electron chi connectivity index (χ0n) is 17.4. The van der Waals surface area contributed by atoms with Crippen molar-refractivity contribution in [2.75, 3.05) is 32.1 Å². The summed E-state index contributed by atoms with van der Waals surface area (Å²) in [6, 6.07) is 13.7. The van der Waals surface area contributed by atoms with Crippen LogP contribution < -0.4 is 15.4 Å². The molecule has 162 valence electrons. The largest absolute Gasteiger partial charge is 0.495 e. The molecular formula is C23H30ClN3O3. The highest BCUT2D eigenvalue weighted by Crippen LogP contribution is 2.27. The van der Waals surface area contributed by atoms with Crippen LogP contribution in [0.1, 0.15) is 30.4 Å². The van der Waals surface area contributed by atoms with Crippen molar-refractivity contribution < 1.29 is 14.6 Å². The molecule has 0 aliphatic carbocycles. The van der Waals surface area contributed by atoms with Gasteiger partial charge in [-0.05, 0) is 48.7 Å². The van der Waals surface area contributed by atoms with Crippen molar-refractivity contribution in [2.45, 2.75) is 38.4 Å². The van der Waals surface area contributed by atoms with Crippen molar-refractivity contribution in [3.05, 3.63) is 58.6 Å². The van der Waals surface area contributed by atoms with E-state index in [0.29, 0.717) is 30.3 Å². The maximum Gasteiger partial charge on any atom is 0.222 e. The van der Waals surface area contributed by atoms with Gasteiger partial charge in [-0.1, -0.05) is 35.9 Å². The molecule has 0 aromatic heterocycles. The second kappa shape index (κ2) is 11.2. The molecule has 2 aromatic carbocycles. The zero-order valence-corrected chi connectivity index (χ0v) is 18.1. The Bertz CT molecular complexity index is 846. The first kappa shape index (κ1) is 22.4. The summed E-state index contributed by atoms with van der Waals surface area (Å²) in [7, 11) is 1.60. The molecule has 1 heterocycles. The lowest BCUT2D eigenvalue weighted by Crippen LogP contribution is -2.32. The van der Waals surface area contributed by atoms with Crippen LogP contribution in [0.15, 0.2) is 42.5 Å². The summed E-state index contributed by atoms with van der Waals surface area (Å²) < 4.78 is 5.31. The first-order chi connectivity index (χ1) is 14.6. The Morgan fingerprint density at radius 3 is 2.83 bits per heavy atom. The number of benzene rings is 2. The third kappa shape index (κ3) is 6.11. The van der Waals surface area contributed by atoms with Crippen LogP contribution in [0.2, 0.25) is 5.02 Å². The number of hydrogen-bond acceptors (Lipinski definition) is 5. The monoisotopic (exact) mass is 431 g/mol. The van der Waals surface area contributed by atoms with E-state index in [-0.39, 0.29) is 18.6 Å². The summed E-state index contributed by atoms with van der Waals surface area (Å²) >= 11 is 6.03. The van der Waals surface area contributed by atoms with Gasteiger partial charge in [0.05, 0.1) is 19.4 Å². The van der Waals surface area contributed by atoms with E-state index in [9.17, 15) is 9.90 Å². The second-order valence-corrected chi connectivity index (χ2v) is 7.95. The number of nitrogens with one attached hydrogen (secondary N) is 2. The van der Waals surface area contributed by atoms with Crippen molar-refractivity contribution in [1.29, 1.82) is 0 Å². The first-order valence-electron chi connectivity index (χ1n) is 10.4. The lowest BCUT2D eigenvalue weighted by atomic mass is 10.1. The molecule has 30 heavy (non-hydrogen) atoms. The molecule has 6 nitrogen and oxygen atoms in total. The molecular weight excluding hydrogens is 402 g/mol. The number of hydrogen-bond donors (Lipinski definition) is 3. The Labute approximate surface area is 183 Å². The van der Waals surface area contributed by atoms with E-state index in [1.54, 1.807) is 25.3 Å². The van der Waals surface area contributed by atoms with Gasteiger partial charge in [0, 0.05) is 37.1 Å². The predicted octanol–water partition coefficient (Wildman–Crippen LogP) is 3.42. The van der Waals surface area contributed by atoms with Gasteiger partial charge in [0.25, 0.3) is 0 Å².